The van der Waals surface area contributed by atoms with Gasteiger partial charge in [0.15, 0.2) is 0 Å². The average Bonchev–Trinajstić information content (AvgIpc) is 3.54. The van der Waals surface area contributed by atoms with Crippen molar-refractivity contribution in [3.63, 3.8) is 0 Å². The zero-order valence-corrected chi connectivity index (χ0v) is 28.1. The lowest BCUT2D eigenvalue weighted by Crippen LogP contribution is -2.17. The van der Waals surface area contributed by atoms with Crippen LogP contribution in [-0.4, -0.2) is 19.3 Å². The highest BCUT2D eigenvalue weighted by molar-refractivity contribution is 6.09. The van der Waals surface area contributed by atoms with E-state index < -0.39 is 0 Å². The molecule has 5 nitrogen and oxygen atoms in total. The molecular weight excluding hydrogens is 564 g/mol. The third-order valence-electron chi connectivity index (χ3n) is 9.78. The third kappa shape index (κ3) is 5.22. The maximum Gasteiger partial charge on any atom is 0.137 e. The van der Waals surface area contributed by atoms with Crippen LogP contribution >= 0.6 is 0 Å². The minimum atomic E-state index is 0.0193. The first kappa shape index (κ1) is 30.0. The predicted molar refractivity (Wildman–Crippen MR) is 190 cm³/mol. The van der Waals surface area contributed by atoms with E-state index in [1.54, 1.807) is 0 Å². The molecule has 3 aromatic carbocycles. The van der Waals surface area contributed by atoms with Crippen LogP contribution in [0.15, 0.2) is 96.7 Å². The van der Waals surface area contributed by atoms with Crippen LogP contribution in [0, 0.1) is 12.8 Å². The van der Waals surface area contributed by atoms with E-state index in [9.17, 15) is 0 Å². The van der Waals surface area contributed by atoms with Crippen molar-refractivity contribution >= 4 is 21.8 Å². The summed E-state index contributed by atoms with van der Waals surface area (Å²) < 4.78 is 11.0. The SMILES string of the molecule is CCc1c([C@@H]2C(C)=CCC[C@@H]2C)c(C)nn1-c1cccc(Oc2ccc3c4ccccc4n(-c4cc(C(C)(C)C)ccn4)c3c2)c1. The maximum absolute atomic E-state index is 6.59. The number of hydrogen-bond donors (Lipinski definition) is 0. The van der Waals surface area contributed by atoms with E-state index in [4.69, 9.17) is 14.8 Å². The van der Waals surface area contributed by atoms with E-state index in [2.05, 4.69) is 137 Å². The Bertz CT molecular complexity index is 2100. The van der Waals surface area contributed by atoms with Crippen molar-refractivity contribution in [3.05, 3.63) is 119 Å². The lowest BCUT2D eigenvalue weighted by atomic mass is 9.75. The third-order valence-corrected chi connectivity index (χ3v) is 9.78. The number of rotatable bonds is 6. The van der Waals surface area contributed by atoms with Crippen molar-refractivity contribution < 1.29 is 4.74 Å². The van der Waals surface area contributed by atoms with Gasteiger partial charge in [-0.15, -0.1) is 0 Å². The van der Waals surface area contributed by atoms with Gasteiger partial charge < -0.3 is 4.74 Å². The van der Waals surface area contributed by atoms with Crippen LogP contribution in [0.4, 0.5) is 0 Å². The topological polar surface area (TPSA) is 44.9 Å². The van der Waals surface area contributed by atoms with Gasteiger partial charge in [-0.05, 0) is 92.5 Å². The van der Waals surface area contributed by atoms with Gasteiger partial charge in [0.1, 0.15) is 17.3 Å². The quantitative estimate of drug-likeness (QED) is 0.177. The molecule has 46 heavy (non-hydrogen) atoms. The first-order valence-electron chi connectivity index (χ1n) is 16.7. The second-order valence-electron chi connectivity index (χ2n) is 14.0. The predicted octanol–water partition coefficient (Wildman–Crippen LogP) is 10.8. The fourth-order valence-corrected chi connectivity index (χ4v) is 7.46. The Morgan fingerprint density at radius 1 is 0.870 bits per heavy atom. The highest BCUT2D eigenvalue weighted by Crippen LogP contribution is 2.42. The lowest BCUT2D eigenvalue weighted by molar-refractivity contribution is 0.446. The number of hydrogen-bond acceptors (Lipinski definition) is 3. The summed E-state index contributed by atoms with van der Waals surface area (Å²) >= 11 is 0. The molecule has 234 valence electrons. The van der Waals surface area contributed by atoms with Gasteiger partial charge in [0.2, 0.25) is 0 Å². The minimum Gasteiger partial charge on any atom is -0.457 e. The maximum atomic E-state index is 6.59. The summed E-state index contributed by atoms with van der Waals surface area (Å²) in [7, 11) is 0. The molecule has 1 aliphatic rings. The molecule has 6 aromatic rings. The molecule has 3 aromatic heterocycles. The van der Waals surface area contributed by atoms with Crippen molar-refractivity contribution in [1.29, 1.82) is 0 Å². The molecule has 0 unspecified atom stereocenters. The standard InChI is InChI=1S/C41H44N4O/c1-8-35-40(39-26(2)13-11-14-27(39)3)28(4)43-45(35)30-15-12-16-31(24-30)46-32-19-20-34-33-17-9-10-18-36(33)44(37(34)25-32)38-23-29(21-22-42-38)41(5,6)7/h9-10,12-13,15-25,27,39H,8,11,14H2,1-7H3/t27-,39+/m0/s1. The van der Waals surface area contributed by atoms with Crippen molar-refractivity contribution in [2.75, 3.05) is 0 Å². The minimum absolute atomic E-state index is 0.0193. The molecule has 1 aliphatic carbocycles. The molecule has 2 atom stereocenters. The average molecular weight is 609 g/mol. The van der Waals surface area contributed by atoms with Crippen LogP contribution in [0.5, 0.6) is 11.5 Å². The molecule has 0 spiro atoms. The van der Waals surface area contributed by atoms with Crippen LogP contribution < -0.4 is 4.74 Å². The number of nitrogens with zero attached hydrogens (tertiary/aromatic N) is 4. The smallest absolute Gasteiger partial charge is 0.137 e. The first-order valence-corrected chi connectivity index (χ1v) is 16.7. The molecule has 0 saturated heterocycles. The van der Waals surface area contributed by atoms with Crippen LogP contribution in [0.1, 0.15) is 82.8 Å². The zero-order chi connectivity index (χ0) is 32.2. The molecule has 0 fully saturated rings. The van der Waals surface area contributed by atoms with Gasteiger partial charge in [-0.3, -0.25) is 4.57 Å². The van der Waals surface area contributed by atoms with E-state index in [1.807, 2.05) is 12.3 Å². The second-order valence-corrected chi connectivity index (χ2v) is 14.0. The fourth-order valence-electron chi connectivity index (χ4n) is 7.46. The van der Waals surface area contributed by atoms with Gasteiger partial charge in [-0.1, -0.05) is 70.5 Å². The van der Waals surface area contributed by atoms with E-state index >= 15 is 0 Å². The van der Waals surface area contributed by atoms with Crippen LogP contribution in [0.25, 0.3) is 33.3 Å². The zero-order valence-electron chi connectivity index (χ0n) is 28.1. The molecule has 0 aliphatic heterocycles. The monoisotopic (exact) mass is 608 g/mol. The van der Waals surface area contributed by atoms with Crippen molar-refractivity contribution in [3.8, 4) is 23.0 Å². The number of aryl methyl sites for hydroxylation is 1. The number of para-hydroxylation sites is 1. The number of benzene rings is 3. The highest BCUT2D eigenvalue weighted by Gasteiger charge is 2.30. The molecule has 0 amide bonds. The number of pyridine rings is 1. The van der Waals surface area contributed by atoms with Crippen molar-refractivity contribution in [1.82, 2.24) is 19.3 Å². The fraction of sp³-hybridized carbons (Fsp3) is 0.317. The Morgan fingerprint density at radius 2 is 1.65 bits per heavy atom. The normalized spacial score (nSPS) is 17.1. The van der Waals surface area contributed by atoms with Gasteiger partial charge in [0.05, 0.1) is 22.4 Å². The Hall–Kier alpha value is -4.64. The van der Waals surface area contributed by atoms with E-state index in [-0.39, 0.29) is 5.41 Å². The van der Waals surface area contributed by atoms with E-state index in [0.29, 0.717) is 11.8 Å². The number of fused-ring (bicyclic) bond motifs is 3. The molecular formula is C41H44N4O. The summed E-state index contributed by atoms with van der Waals surface area (Å²) in [6.45, 7) is 15.8. The van der Waals surface area contributed by atoms with Crippen LogP contribution in [0.2, 0.25) is 0 Å². The highest BCUT2D eigenvalue weighted by atomic mass is 16.5. The van der Waals surface area contributed by atoms with Gasteiger partial charge in [-0.25, -0.2) is 9.67 Å². The molecule has 0 radical (unpaired) electrons. The van der Waals surface area contributed by atoms with Crippen LogP contribution in [0.3, 0.4) is 0 Å². The number of ether oxygens (including phenoxy) is 1. The summed E-state index contributed by atoms with van der Waals surface area (Å²) in [5, 5.41) is 7.47. The first-order chi connectivity index (χ1) is 22.1. The molecule has 0 bridgehead atoms. The lowest BCUT2D eigenvalue weighted by Gasteiger charge is -2.29. The molecule has 7 rings (SSSR count). The van der Waals surface area contributed by atoms with Gasteiger partial charge in [0.25, 0.3) is 0 Å². The van der Waals surface area contributed by atoms with Crippen molar-refractivity contribution in [2.45, 2.75) is 79.1 Å². The Morgan fingerprint density at radius 3 is 2.43 bits per heavy atom. The summed E-state index contributed by atoms with van der Waals surface area (Å²) in [6.07, 6.45) is 7.65. The molecule has 5 heteroatoms. The number of allylic oxidation sites excluding steroid dienone is 2. The molecule has 3 heterocycles. The van der Waals surface area contributed by atoms with E-state index in [0.717, 1.165) is 46.2 Å². The van der Waals surface area contributed by atoms with Crippen LogP contribution in [-0.2, 0) is 11.8 Å². The van der Waals surface area contributed by atoms with Gasteiger partial charge in [0, 0.05) is 46.3 Å². The Kier molecular flexibility index (Phi) is 7.59. The summed E-state index contributed by atoms with van der Waals surface area (Å²) in [5.74, 6) is 3.51. The molecule has 0 saturated carbocycles. The van der Waals surface area contributed by atoms with Gasteiger partial charge >= 0.3 is 0 Å². The second kappa shape index (κ2) is 11.6. The summed E-state index contributed by atoms with van der Waals surface area (Å²) in [5.41, 5.74) is 9.77. The molecule has 0 N–H and O–H groups in total. The Balaban J connectivity index is 1.28. The Labute approximate surface area is 272 Å². The summed E-state index contributed by atoms with van der Waals surface area (Å²) in [4.78, 5) is 4.83. The van der Waals surface area contributed by atoms with Crippen molar-refractivity contribution in [2.24, 2.45) is 5.92 Å². The largest absolute Gasteiger partial charge is 0.457 e. The summed E-state index contributed by atoms with van der Waals surface area (Å²) in [6, 6.07) is 27.6. The van der Waals surface area contributed by atoms with E-state index in [1.165, 1.54) is 46.0 Å². The number of aromatic nitrogens is 4. The van der Waals surface area contributed by atoms with Gasteiger partial charge in [-0.2, -0.15) is 5.10 Å².